The Balaban J connectivity index is 2.13. The van der Waals surface area contributed by atoms with Gasteiger partial charge in [0.2, 0.25) is 0 Å². The number of aromatic nitrogens is 2. The average molecular weight is 213 g/mol. The van der Waals surface area contributed by atoms with Gasteiger partial charge in [-0.15, -0.1) is 6.42 Å². The van der Waals surface area contributed by atoms with Crippen LogP contribution >= 0.6 is 0 Å². The van der Waals surface area contributed by atoms with E-state index in [1.54, 1.807) is 0 Å². The summed E-state index contributed by atoms with van der Waals surface area (Å²) in [6.07, 6.45) is 10.2. The summed E-state index contributed by atoms with van der Waals surface area (Å²) >= 11 is 0. The zero-order valence-corrected chi connectivity index (χ0v) is 9.35. The molecule has 82 valence electrons. The summed E-state index contributed by atoms with van der Waals surface area (Å²) in [6, 6.07) is 6.17. The van der Waals surface area contributed by atoms with Gasteiger partial charge in [-0.05, 0) is 18.6 Å². The predicted molar refractivity (Wildman–Crippen MR) is 64.9 cm³/mol. The van der Waals surface area contributed by atoms with Crippen molar-refractivity contribution in [2.45, 2.75) is 25.9 Å². The van der Waals surface area contributed by atoms with Gasteiger partial charge in [-0.1, -0.05) is 18.9 Å². The number of nitrogens with one attached hydrogen (secondary N) is 1. The minimum atomic E-state index is 0.138. The summed E-state index contributed by atoms with van der Waals surface area (Å²) < 4.78 is 1.87. The van der Waals surface area contributed by atoms with Crippen LogP contribution in [-0.4, -0.2) is 15.7 Å². The van der Waals surface area contributed by atoms with Gasteiger partial charge in [-0.2, -0.15) is 5.10 Å². The lowest BCUT2D eigenvalue weighted by molar-refractivity contribution is 0.594. The van der Waals surface area contributed by atoms with E-state index in [1.807, 2.05) is 29.0 Å². The van der Waals surface area contributed by atoms with E-state index in [2.05, 4.69) is 29.3 Å². The molecule has 2 aromatic rings. The van der Waals surface area contributed by atoms with Gasteiger partial charge in [-0.25, -0.2) is 4.52 Å². The molecule has 3 nitrogen and oxygen atoms in total. The van der Waals surface area contributed by atoms with E-state index in [1.165, 1.54) is 5.56 Å². The van der Waals surface area contributed by atoms with Gasteiger partial charge < -0.3 is 0 Å². The molecule has 0 saturated carbocycles. The lowest BCUT2D eigenvalue weighted by Crippen LogP contribution is -2.25. The first-order valence-corrected chi connectivity index (χ1v) is 5.46. The second-order valence-corrected chi connectivity index (χ2v) is 3.71. The number of terminal acetylenes is 1. The number of pyridine rings is 1. The van der Waals surface area contributed by atoms with E-state index in [9.17, 15) is 0 Å². The van der Waals surface area contributed by atoms with Crippen LogP contribution in [0.3, 0.4) is 0 Å². The van der Waals surface area contributed by atoms with Gasteiger partial charge in [0.05, 0.1) is 17.8 Å². The molecule has 0 bridgehead atoms. The fraction of sp³-hybridized carbons (Fsp3) is 0.308. The molecule has 3 heteroatoms. The summed E-state index contributed by atoms with van der Waals surface area (Å²) in [6.45, 7) is 2.84. The second-order valence-electron chi connectivity index (χ2n) is 3.71. The maximum atomic E-state index is 5.40. The van der Waals surface area contributed by atoms with Gasteiger partial charge in [0, 0.05) is 18.3 Å². The SMILES string of the molecule is C#CC(CC)NCc1cnn2ccccc12. The fourth-order valence-electron chi connectivity index (χ4n) is 1.68. The highest BCUT2D eigenvalue weighted by atomic mass is 15.2. The molecule has 1 atom stereocenters. The Hall–Kier alpha value is -1.79. The zero-order valence-electron chi connectivity index (χ0n) is 9.35. The third-order valence-corrected chi connectivity index (χ3v) is 2.65. The molecule has 0 radical (unpaired) electrons. The molecule has 1 N–H and O–H groups in total. The lowest BCUT2D eigenvalue weighted by atomic mass is 10.2. The first kappa shape index (κ1) is 10.7. The molecule has 0 fully saturated rings. The number of hydrogen-bond acceptors (Lipinski definition) is 2. The van der Waals surface area contributed by atoms with Crippen LogP contribution in [0.15, 0.2) is 30.6 Å². The van der Waals surface area contributed by atoms with Crippen molar-refractivity contribution < 1.29 is 0 Å². The summed E-state index contributed by atoms with van der Waals surface area (Å²) in [7, 11) is 0. The van der Waals surface area contributed by atoms with Crippen LogP contribution in [0.1, 0.15) is 18.9 Å². The fourth-order valence-corrected chi connectivity index (χ4v) is 1.68. The minimum Gasteiger partial charge on any atom is -0.299 e. The minimum absolute atomic E-state index is 0.138. The number of rotatable bonds is 4. The van der Waals surface area contributed by atoms with Crippen molar-refractivity contribution in [3.63, 3.8) is 0 Å². The molecule has 2 heterocycles. The van der Waals surface area contributed by atoms with E-state index < -0.39 is 0 Å². The van der Waals surface area contributed by atoms with Gasteiger partial charge in [0.25, 0.3) is 0 Å². The van der Waals surface area contributed by atoms with E-state index in [-0.39, 0.29) is 6.04 Å². The molecule has 2 rings (SSSR count). The van der Waals surface area contributed by atoms with Crippen molar-refractivity contribution in [1.29, 1.82) is 0 Å². The number of hydrogen-bond donors (Lipinski definition) is 1. The summed E-state index contributed by atoms with van der Waals surface area (Å²) in [5.74, 6) is 2.72. The van der Waals surface area contributed by atoms with Gasteiger partial charge in [0.1, 0.15) is 0 Å². The van der Waals surface area contributed by atoms with E-state index >= 15 is 0 Å². The van der Waals surface area contributed by atoms with Crippen molar-refractivity contribution in [3.8, 4) is 12.3 Å². The van der Waals surface area contributed by atoms with Crippen molar-refractivity contribution >= 4 is 5.52 Å². The topological polar surface area (TPSA) is 29.3 Å². The summed E-state index contributed by atoms with van der Waals surface area (Å²) in [5, 5.41) is 7.60. The Kier molecular flexibility index (Phi) is 3.23. The quantitative estimate of drug-likeness (QED) is 0.785. The molecule has 0 aromatic carbocycles. The van der Waals surface area contributed by atoms with E-state index in [0.717, 1.165) is 18.5 Å². The maximum absolute atomic E-state index is 5.40. The molecule has 0 amide bonds. The van der Waals surface area contributed by atoms with Gasteiger partial charge in [-0.3, -0.25) is 5.32 Å². The molecule has 2 aromatic heterocycles. The molecule has 0 aliphatic carbocycles. The monoisotopic (exact) mass is 213 g/mol. The predicted octanol–water partition coefficient (Wildman–Crippen LogP) is 1.84. The second kappa shape index (κ2) is 4.82. The molecular formula is C13H15N3. The molecule has 0 spiro atoms. The van der Waals surface area contributed by atoms with Crippen molar-refractivity contribution in [2.24, 2.45) is 0 Å². The summed E-state index contributed by atoms with van der Waals surface area (Å²) in [4.78, 5) is 0. The van der Waals surface area contributed by atoms with E-state index in [4.69, 9.17) is 6.42 Å². The molecular weight excluding hydrogens is 198 g/mol. The highest BCUT2D eigenvalue weighted by Crippen LogP contribution is 2.09. The average Bonchev–Trinajstić information content (AvgIpc) is 2.74. The Morgan fingerprint density at radius 3 is 3.19 bits per heavy atom. The zero-order chi connectivity index (χ0) is 11.4. The van der Waals surface area contributed by atoms with Crippen LogP contribution in [0.4, 0.5) is 0 Å². The first-order valence-electron chi connectivity index (χ1n) is 5.46. The standard InChI is InChI=1S/C13H15N3/c1-3-12(4-2)14-9-11-10-15-16-8-6-5-7-13(11)16/h1,5-8,10,12,14H,4,9H2,2H3. The molecule has 0 aliphatic rings. The Morgan fingerprint density at radius 1 is 1.56 bits per heavy atom. The van der Waals surface area contributed by atoms with Crippen LogP contribution in [-0.2, 0) is 6.54 Å². The third-order valence-electron chi connectivity index (χ3n) is 2.65. The van der Waals surface area contributed by atoms with Gasteiger partial charge in [0.15, 0.2) is 0 Å². The van der Waals surface area contributed by atoms with Crippen LogP contribution < -0.4 is 5.32 Å². The Bertz CT molecular complexity index is 507. The van der Waals surface area contributed by atoms with Crippen molar-refractivity contribution in [1.82, 2.24) is 14.9 Å². The Labute approximate surface area is 95.5 Å². The third kappa shape index (κ3) is 2.07. The molecule has 0 aliphatic heterocycles. The highest BCUT2D eigenvalue weighted by Gasteiger charge is 2.05. The summed E-state index contributed by atoms with van der Waals surface area (Å²) in [5.41, 5.74) is 2.30. The van der Waals surface area contributed by atoms with Crippen LogP contribution in [0.2, 0.25) is 0 Å². The van der Waals surface area contributed by atoms with Crippen LogP contribution in [0.25, 0.3) is 5.52 Å². The largest absolute Gasteiger partial charge is 0.299 e. The molecule has 0 saturated heterocycles. The smallest absolute Gasteiger partial charge is 0.0706 e. The lowest BCUT2D eigenvalue weighted by Gasteiger charge is -2.09. The normalized spacial score (nSPS) is 12.5. The number of fused-ring (bicyclic) bond motifs is 1. The van der Waals surface area contributed by atoms with Crippen molar-refractivity contribution in [3.05, 3.63) is 36.2 Å². The van der Waals surface area contributed by atoms with E-state index in [0.29, 0.717) is 0 Å². The van der Waals surface area contributed by atoms with Crippen LogP contribution in [0, 0.1) is 12.3 Å². The molecule has 1 unspecified atom stereocenters. The first-order chi connectivity index (χ1) is 7.85. The molecule has 16 heavy (non-hydrogen) atoms. The van der Waals surface area contributed by atoms with Gasteiger partial charge >= 0.3 is 0 Å². The maximum Gasteiger partial charge on any atom is 0.0706 e. The van der Waals surface area contributed by atoms with Crippen LogP contribution in [0.5, 0.6) is 0 Å². The van der Waals surface area contributed by atoms with Crippen molar-refractivity contribution in [2.75, 3.05) is 0 Å². The number of nitrogens with zero attached hydrogens (tertiary/aromatic N) is 2. The highest BCUT2D eigenvalue weighted by molar-refractivity contribution is 5.53. The Morgan fingerprint density at radius 2 is 2.44 bits per heavy atom.